The van der Waals surface area contributed by atoms with Gasteiger partial charge in [-0.2, -0.15) is 4.31 Å². The second kappa shape index (κ2) is 7.76. The molecule has 24 heavy (non-hydrogen) atoms. The topological polar surface area (TPSA) is 104 Å². The fraction of sp³-hybridized carbons (Fsp3) is 0.500. The summed E-state index contributed by atoms with van der Waals surface area (Å²) in [6.45, 7) is 2.37. The summed E-state index contributed by atoms with van der Waals surface area (Å²) in [4.78, 5) is 22.6. The maximum absolute atomic E-state index is 12.8. The number of aliphatic carboxylic acids is 1. The van der Waals surface area contributed by atoms with Gasteiger partial charge in [0.2, 0.25) is 10.0 Å². The molecule has 1 aliphatic rings. The molecule has 1 aromatic rings. The van der Waals surface area contributed by atoms with E-state index >= 15 is 0 Å². The van der Waals surface area contributed by atoms with Crippen LogP contribution in [0.5, 0.6) is 0 Å². The van der Waals surface area contributed by atoms with Crippen molar-refractivity contribution in [2.75, 3.05) is 13.1 Å². The van der Waals surface area contributed by atoms with Crippen molar-refractivity contribution in [1.82, 2.24) is 9.62 Å². The molecule has 2 N–H and O–H groups in total. The van der Waals surface area contributed by atoms with Gasteiger partial charge in [0.15, 0.2) is 0 Å². The summed E-state index contributed by atoms with van der Waals surface area (Å²) < 4.78 is 27.1. The molecule has 1 aliphatic heterocycles. The number of nitrogens with one attached hydrogen (secondary N) is 1. The predicted octanol–water partition coefficient (Wildman–Crippen LogP) is 1.45. The van der Waals surface area contributed by atoms with Gasteiger partial charge in [0.25, 0.3) is 5.91 Å². The van der Waals surface area contributed by atoms with Crippen LogP contribution in [0.15, 0.2) is 29.2 Å². The van der Waals surface area contributed by atoms with E-state index in [4.69, 9.17) is 5.11 Å². The van der Waals surface area contributed by atoms with Gasteiger partial charge in [-0.05, 0) is 38.0 Å². The molecule has 7 nitrogen and oxygen atoms in total. The maximum Gasteiger partial charge on any atom is 0.305 e. The SMILES string of the molecule is CC1CCCCN1S(=O)(=O)c1cccc(C(=O)NCCC(=O)O)c1. The van der Waals surface area contributed by atoms with Gasteiger partial charge >= 0.3 is 5.97 Å². The summed E-state index contributed by atoms with van der Waals surface area (Å²) in [5.41, 5.74) is 0.200. The fourth-order valence-electron chi connectivity index (χ4n) is 2.75. The summed E-state index contributed by atoms with van der Waals surface area (Å²) >= 11 is 0. The Morgan fingerprint density at radius 3 is 2.75 bits per heavy atom. The first-order valence-corrected chi connectivity index (χ1v) is 9.38. The number of benzene rings is 1. The molecule has 0 aliphatic carbocycles. The molecule has 1 unspecified atom stereocenters. The van der Waals surface area contributed by atoms with Crippen LogP contribution in [-0.4, -0.2) is 48.8 Å². The molecule has 0 bridgehead atoms. The first-order valence-electron chi connectivity index (χ1n) is 7.94. The minimum Gasteiger partial charge on any atom is -0.481 e. The molecule has 0 radical (unpaired) electrons. The third-order valence-corrected chi connectivity index (χ3v) is 6.08. The van der Waals surface area contributed by atoms with Gasteiger partial charge in [-0.25, -0.2) is 8.42 Å². The molecule has 1 aromatic carbocycles. The molecule has 0 aromatic heterocycles. The molecule has 1 fully saturated rings. The molecule has 0 spiro atoms. The number of rotatable bonds is 6. The van der Waals surface area contributed by atoms with E-state index in [0.717, 1.165) is 19.3 Å². The third-order valence-electron chi connectivity index (χ3n) is 4.07. The van der Waals surface area contributed by atoms with E-state index in [1.165, 1.54) is 28.6 Å². The Labute approximate surface area is 141 Å². The van der Waals surface area contributed by atoms with Crippen LogP contribution in [0.25, 0.3) is 0 Å². The Kier molecular flexibility index (Phi) is 5.95. The molecule has 1 saturated heterocycles. The van der Waals surface area contributed by atoms with Gasteiger partial charge in [-0.15, -0.1) is 0 Å². The van der Waals surface area contributed by atoms with Crippen LogP contribution in [0.2, 0.25) is 0 Å². The summed E-state index contributed by atoms with van der Waals surface area (Å²) in [5.74, 6) is -1.49. The molecular weight excluding hydrogens is 332 g/mol. The van der Waals surface area contributed by atoms with Crippen LogP contribution in [-0.2, 0) is 14.8 Å². The van der Waals surface area contributed by atoms with E-state index in [2.05, 4.69) is 5.32 Å². The lowest BCUT2D eigenvalue weighted by molar-refractivity contribution is -0.136. The number of carbonyl (C=O) groups excluding carboxylic acids is 1. The molecular formula is C16H22N2O5S. The summed E-state index contributed by atoms with van der Waals surface area (Å²) in [6, 6.07) is 5.79. The molecule has 8 heteroatoms. The fourth-order valence-corrected chi connectivity index (χ4v) is 4.49. The van der Waals surface area contributed by atoms with Crippen molar-refractivity contribution in [3.05, 3.63) is 29.8 Å². The lowest BCUT2D eigenvalue weighted by atomic mass is 10.1. The second-order valence-corrected chi connectivity index (χ2v) is 7.78. The van der Waals surface area contributed by atoms with E-state index in [-0.39, 0.29) is 29.5 Å². The number of carbonyl (C=O) groups is 2. The quantitative estimate of drug-likeness (QED) is 0.805. The highest BCUT2D eigenvalue weighted by Gasteiger charge is 2.31. The monoisotopic (exact) mass is 354 g/mol. The van der Waals surface area contributed by atoms with Gasteiger partial charge < -0.3 is 10.4 Å². The predicted molar refractivity (Wildman–Crippen MR) is 88.2 cm³/mol. The van der Waals surface area contributed by atoms with Crippen LogP contribution in [0.1, 0.15) is 43.0 Å². The first-order chi connectivity index (χ1) is 11.3. The zero-order valence-corrected chi connectivity index (χ0v) is 14.4. The molecule has 1 amide bonds. The van der Waals surface area contributed by atoms with Crippen LogP contribution in [0.4, 0.5) is 0 Å². The second-order valence-electron chi connectivity index (χ2n) is 5.89. The summed E-state index contributed by atoms with van der Waals surface area (Å²) in [7, 11) is -3.64. The average Bonchev–Trinajstić information content (AvgIpc) is 2.54. The normalized spacial score (nSPS) is 19.0. The van der Waals surface area contributed by atoms with Crippen molar-refractivity contribution >= 4 is 21.9 Å². The van der Waals surface area contributed by atoms with Gasteiger partial charge in [-0.1, -0.05) is 12.5 Å². The summed E-state index contributed by atoms with van der Waals surface area (Å²) in [5, 5.41) is 11.0. The molecule has 132 valence electrons. The van der Waals surface area contributed by atoms with Crippen LogP contribution < -0.4 is 5.32 Å². The van der Waals surface area contributed by atoms with Gasteiger partial charge in [-0.3, -0.25) is 9.59 Å². The highest BCUT2D eigenvalue weighted by atomic mass is 32.2. The number of hydrogen-bond donors (Lipinski definition) is 2. The average molecular weight is 354 g/mol. The van der Waals surface area contributed by atoms with Crippen LogP contribution >= 0.6 is 0 Å². The Morgan fingerprint density at radius 1 is 1.33 bits per heavy atom. The van der Waals surface area contributed by atoms with Crippen molar-refractivity contribution in [3.63, 3.8) is 0 Å². The van der Waals surface area contributed by atoms with E-state index in [1.54, 1.807) is 0 Å². The lowest BCUT2D eigenvalue weighted by Gasteiger charge is -2.32. The van der Waals surface area contributed by atoms with E-state index in [1.807, 2.05) is 6.92 Å². The van der Waals surface area contributed by atoms with Crippen molar-refractivity contribution in [2.45, 2.75) is 43.5 Å². The number of carboxylic acid groups (broad SMARTS) is 1. The van der Waals surface area contributed by atoms with Gasteiger partial charge in [0.05, 0.1) is 11.3 Å². The third kappa shape index (κ3) is 4.33. The highest BCUT2D eigenvalue weighted by Crippen LogP contribution is 2.25. The lowest BCUT2D eigenvalue weighted by Crippen LogP contribution is -2.42. The van der Waals surface area contributed by atoms with E-state index in [0.29, 0.717) is 6.54 Å². The molecule has 0 saturated carbocycles. The van der Waals surface area contributed by atoms with Crippen LogP contribution in [0.3, 0.4) is 0 Å². The van der Waals surface area contributed by atoms with E-state index in [9.17, 15) is 18.0 Å². The Morgan fingerprint density at radius 2 is 2.08 bits per heavy atom. The minimum atomic E-state index is -3.64. The number of piperidine rings is 1. The molecule has 1 heterocycles. The standard InChI is InChI=1S/C16H22N2O5S/c1-12-5-2-3-10-18(12)24(22,23)14-7-4-6-13(11-14)16(21)17-9-8-15(19)20/h4,6-7,11-12H,2-3,5,8-10H2,1H3,(H,17,21)(H,19,20). The van der Waals surface area contributed by atoms with Crippen molar-refractivity contribution in [2.24, 2.45) is 0 Å². The summed E-state index contributed by atoms with van der Waals surface area (Å²) in [6.07, 6.45) is 2.49. The largest absolute Gasteiger partial charge is 0.481 e. The zero-order valence-electron chi connectivity index (χ0n) is 13.6. The number of amides is 1. The smallest absolute Gasteiger partial charge is 0.305 e. The zero-order chi connectivity index (χ0) is 17.7. The van der Waals surface area contributed by atoms with Gasteiger partial charge in [0, 0.05) is 24.7 Å². The molecule has 2 rings (SSSR count). The first kappa shape index (κ1) is 18.4. The van der Waals surface area contributed by atoms with Gasteiger partial charge in [0.1, 0.15) is 0 Å². The number of carboxylic acids is 1. The minimum absolute atomic E-state index is 0.00565. The van der Waals surface area contributed by atoms with Crippen molar-refractivity contribution < 1.29 is 23.1 Å². The maximum atomic E-state index is 12.8. The molecule has 1 atom stereocenters. The highest BCUT2D eigenvalue weighted by molar-refractivity contribution is 7.89. The number of hydrogen-bond acceptors (Lipinski definition) is 4. The van der Waals surface area contributed by atoms with Crippen molar-refractivity contribution in [1.29, 1.82) is 0 Å². The van der Waals surface area contributed by atoms with E-state index < -0.39 is 21.9 Å². The number of sulfonamides is 1. The Hall–Kier alpha value is -1.93. The Balaban J connectivity index is 2.17. The van der Waals surface area contributed by atoms with Crippen molar-refractivity contribution in [3.8, 4) is 0 Å². The number of nitrogens with zero attached hydrogens (tertiary/aromatic N) is 1. The Bertz CT molecular complexity index is 717. The van der Waals surface area contributed by atoms with Crippen LogP contribution in [0, 0.1) is 0 Å².